The van der Waals surface area contributed by atoms with Gasteiger partial charge >= 0.3 is 0 Å². The van der Waals surface area contributed by atoms with Gasteiger partial charge in [-0.15, -0.1) is 0 Å². The molecule has 1 aromatic carbocycles. The van der Waals surface area contributed by atoms with Gasteiger partial charge in [-0.3, -0.25) is 9.59 Å². The number of nitrogens with two attached hydrogens (primary N) is 2. The lowest BCUT2D eigenvalue weighted by Gasteiger charge is -2.48. The van der Waals surface area contributed by atoms with E-state index < -0.39 is 16.7 Å². The Morgan fingerprint density at radius 3 is 2.34 bits per heavy atom. The summed E-state index contributed by atoms with van der Waals surface area (Å²) in [5, 5.41) is 0. The number of hydrogen-bond acceptors (Lipinski definition) is 3. The van der Waals surface area contributed by atoms with Crippen molar-refractivity contribution in [3.05, 3.63) is 46.0 Å². The Bertz CT molecular complexity index is 981. The average Bonchev–Trinajstić information content (AvgIpc) is 3.11. The van der Waals surface area contributed by atoms with Crippen LogP contribution in [0.4, 0.5) is 0 Å². The molecule has 5 rings (SSSR count). The molecule has 2 bridgehead atoms. The second-order valence-corrected chi connectivity index (χ2v) is 11.5. The summed E-state index contributed by atoms with van der Waals surface area (Å²) in [4.78, 5) is 29.6. The summed E-state index contributed by atoms with van der Waals surface area (Å²) < 4.78 is 0.952. The lowest BCUT2D eigenvalue weighted by molar-refractivity contribution is -0.144. The minimum Gasteiger partial charge on any atom is -0.369 e. The molecule has 3 aliphatic carbocycles. The van der Waals surface area contributed by atoms with Gasteiger partial charge in [0.1, 0.15) is 0 Å². The molecular weight excluding hydrogens is 466 g/mol. The van der Waals surface area contributed by atoms with Crippen molar-refractivity contribution in [3.63, 3.8) is 0 Å². The van der Waals surface area contributed by atoms with Crippen molar-refractivity contribution in [2.45, 2.75) is 57.3 Å². The number of benzene rings is 1. The topological polar surface area (TPSA) is 89.4 Å². The Kier molecular flexibility index (Phi) is 5.33. The number of unbranched alkanes of at least 4 members (excludes halogenated alkanes) is 1. The van der Waals surface area contributed by atoms with Crippen LogP contribution in [-0.2, 0) is 15.0 Å². The number of halogens is 1. The molecule has 0 unspecified atom stereocenters. The predicted molar refractivity (Wildman–Crippen MR) is 129 cm³/mol. The molecule has 172 valence electrons. The molecule has 5 nitrogen and oxygen atoms in total. The maximum atomic E-state index is 13.6. The summed E-state index contributed by atoms with van der Waals surface area (Å²) in [5.74, 6) is -0.837. The van der Waals surface area contributed by atoms with Gasteiger partial charge in [-0.2, -0.15) is 0 Å². The molecule has 2 amide bonds. The molecule has 6 heteroatoms. The van der Waals surface area contributed by atoms with Crippen molar-refractivity contribution in [1.29, 1.82) is 0 Å². The van der Waals surface area contributed by atoms with Crippen LogP contribution in [0.25, 0.3) is 0 Å². The largest absolute Gasteiger partial charge is 0.369 e. The van der Waals surface area contributed by atoms with E-state index in [2.05, 4.69) is 33.0 Å². The van der Waals surface area contributed by atoms with Crippen LogP contribution in [0, 0.1) is 29.6 Å². The van der Waals surface area contributed by atoms with Crippen molar-refractivity contribution < 1.29 is 9.59 Å². The van der Waals surface area contributed by atoms with Crippen molar-refractivity contribution >= 4 is 27.7 Å². The van der Waals surface area contributed by atoms with E-state index in [1.807, 2.05) is 25.1 Å². The Labute approximate surface area is 199 Å². The standard InChI is InChI=1S/C26H34BrN3O2/c1-17-16-18(27)6-7-19(17)26(23(29)32)21-9-8-20(24(21)11-12-24)25(26,22(28)31)10-2-3-13-30-14-4-5-15-30/h6-9,16,20-21H,2-5,10-15H2,1H3,(H2,28,31)(H2,29,32)/t20-,21+,25+,26-/m1/s1. The number of amides is 2. The zero-order valence-corrected chi connectivity index (χ0v) is 20.5. The number of allylic oxidation sites excluding steroid dienone is 2. The number of likely N-dealkylation sites (tertiary alicyclic amines) is 1. The van der Waals surface area contributed by atoms with Crippen molar-refractivity contribution in [1.82, 2.24) is 4.90 Å². The molecule has 3 fully saturated rings. The molecule has 1 aromatic rings. The van der Waals surface area contributed by atoms with Crippen LogP contribution < -0.4 is 11.5 Å². The molecule has 0 aromatic heterocycles. The van der Waals surface area contributed by atoms with Gasteiger partial charge in [-0.05, 0) is 99.7 Å². The van der Waals surface area contributed by atoms with E-state index in [1.54, 1.807) is 0 Å². The van der Waals surface area contributed by atoms with Crippen LogP contribution in [0.3, 0.4) is 0 Å². The molecule has 1 spiro atoms. The molecular formula is C26H34BrN3O2. The first-order valence-electron chi connectivity index (χ1n) is 12.1. The van der Waals surface area contributed by atoms with Gasteiger partial charge in [0.25, 0.3) is 0 Å². The fraction of sp³-hybridized carbons (Fsp3) is 0.615. The van der Waals surface area contributed by atoms with E-state index in [4.69, 9.17) is 11.5 Å². The van der Waals surface area contributed by atoms with E-state index in [1.165, 1.54) is 25.9 Å². The molecule has 4 N–H and O–H groups in total. The fourth-order valence-electron chi connectivity index (χ4n) is 7.87. The molecule has 1 aliphatic heterocycles. The van der Waals surface area contributed by atoms with E-state index in [0.29, 0.717) is 6.42 Å². The van der Waals surface area contributed by atoms with Crippen LogP contribution in [0.15, 0.2) is 34.8 Å². The summed E-state index contributed by atoms with van der Waals surface area (Å²) in [6.07, 6.45) is 11.5. The van der Waals surface area contributed by atoms with Crippen LogP contribution in [0.1, 0.15) is 56.1 Å². The first-order chi connectivity index (χ1) is 15.3. The highest BCUT2D eigenvalue weighted by molar-refractivity contribution is 9.10. The van der Waals surface area contributed by atoms with Gasteiger partial charge in [-0.25, -0.2) is 0 Å². The Balaban J connectivity index is 1.59. The summed E-state index contributed by atoms with van der Waals surface area (Å²) in [7, 11) is 0. The number of hydrogen-bond donors (Lipinski definition) is 2. The highest BCUT2D eigenvalue weighted by atomic mass is 79.9. The zero-order valence-electron chi connectivity index (χ0n) is 18.9. The van der Waals surface area contributed by atoms with Crippen LogP contribution in [0.5, 0.6) is 0 Å². The second kappa shape index (κ2) is 7.69. The summed E-state index contributed by atoms with van der Waals surface area (Å²) in [6.45, 7) is 5.39. The number of carbonyl (C=O) groups excluding carboxylic acids is 2. The molecule has 4 atom stereocenters. The van der Waals surface area contributed by atoms with E-state index >= 15 is 0 Å². The quantitative estimate of drug-likeness (QED) is 0.420. The maximum Gasteiger partial charge on any atom is 0.229 e. The molecule has 1 saturated heterocycles. The first kappa shape index (κ1) is 22.1. The van der Waals surface area contributed by atoms with Gasteiger partial charge in [-0.1, -0.05) is 40.6 Å². The number of primary amides is 2. The highest BCUT2D eigenvalue weighted by Gasteiger charge is 2.82. The third-order valence-corrected chi connectivity index (χ3v) is 9.69. The minimum absolute atomic E-state index is 0.0140. The zero-order chi connectivity index (χ0) is 22.7. The summed E-state index contributed by atoms with van der Waals surface area (Å²) in [5.41, 5.74) is 12.4. The number of nitrogens with zero attached hydrogens (tertiary/aromatic N) is 1. The maximum absolute atomic E-state index is 13.6. The third-order valence-electron chi connectivity index (χ3n) is 9.20. The SMILES string of the molecule is Cc1cc(Br)ccc1[C@]1(C(N)=O)[C@H]2C=C[C@H](C23CC3)[C@@]1(CCCCN1CCCC1)C(N)=O. The van der Waals surface area contributed by atoms with Crippen LogP contribution in [0.2, 0.25) is 0 Å². The van der Waals surface area contributed by atoms with Gasteiger partial charge < -0.3 is 16.4 Å². The van der Waals surface area contributed by atoms with E-state index in [0.717, 1.165) is 47.8 Å². The second-order valence-electron chi connectivity index (χ2n) is 10.5. The fourth-order valence-corrected chi connectivity index (χ4v) is 8.35. The Morgan fingerprint density at radius 2 is 1.75 bits per heavy atom. The predicted octanol–water partition coefficient (Wildman–Crippen LogP) is 3.81. The summed E-state index contributed by atoms with van der Waals surface area (Å²) in [6, 6.07) is 5.98. The molecule has 32 heavy (non-hydrogen) atoms. The molecule has 1 heterocycles. The van der Waals surface area contributed by atoms with Crippen molar-refractivity contribution in [2.24, 2.45) is 34.1 Å². The van der Waals surface area contributed by atoms with E-state index in [9.17, 15) is 9.59 Å². The number of aryl methyl sites for hydroxylation is 1. The lowest BCUT2D eigenvalue weighted by atomic mass is 9.52. The van der Waals surface area contributed by atoms with Crippen LogP contribution >= 0.6 is 15.9 Å². The molecule has 0 radical (unpaired) electrons. The highest BCUT2D eigenvalue weighted by Crippen LogP contribution is 2.80. The van der Waals surface area contributed by atoms with E-state index in [-0.39, 0.29) is 23.2 Å². The minimum atomic E-state index is -1.09. The molecule has 2 saturated carbocycles. The summed E-state index contributed by atoms with van der Waals surface area (Å²) >= 11 is 3.55. The van der Waals surface area contributed by atoms with Gasteiger partial charge in [0.05, 0.1) is 10.8 Å². The van der Waals surface area contributed by atoms with Gasteiger partial charge in [0.2, 0.25) is 11.8 Å². The molecule has 4 aliphatic rings. The van der Waals surface area contributed by atoms with Gasteiger partial charge in [0.15, 0.2) is 0 Å². The monoisotopic (exact) mass is 499 g/mol. The Hall–Kier alpha value is -1.66. The number of carbonyl (C=O) groups is 2. The smallest absolute Gasteiger partial charge is 0.229 e. The normalized spacial score (nSPS) is 34.4. The van der Waals surface area contributed by atoms with Crippen molar-refractivity contribution in [3.8, 4) is 0 Å². The first-order valence-corrected chi connectivity index (χ1v) is 12.9. The Morgan fingerprint density at radius 1 is 1.06 bits per heavy atom. The van der Waals surface area contributed by atoms with Crippen molar-refractivity contribution in [2.75, 3.05) is 19.6 Å². The lowest BCUT2D eigenvalue weighted by Crippen LogP contribution is -2.62. The third kappa shape index (κ3) is 2.78. The van der Waals surface area contributed by atoms with Crippen LogP contribution in [-0.4, -0.2) is 36.3 Å². The van der Waals surface area contributed by atoms with Gasteiger partial charge in [0, 0.05) is 10.4 Å². The number of rotatable bonds is 8. The average molecular weight is 500 g/mol.